The zero-order valence-corrected chi connectivity index (χ0v) is 14.0. The van der Waals surface area contributed by atoms with E-state index in [9.17, 15) is 4.79 Å². The fraction of sp³-hybridized carbons (Fsp3) is 0.278. The van der Waals surface area contributed by atoms with Gasteiger partial charge in [0, 0.05) is 10.7 Å². The highest BCUT2D eigenvalue weighted by Gasteiger charge is 2.16. The third-order valence-corrected chi connectivity index (χ3v) is 3.81. The topological polar surface area (TPSA) is 38.3 Å². The maximum Gasteiger partial charge on any atom is 0.259 e. The zero-order chi connectivity index (χ0) is 16.3. The normalized spacial score (nSPS) is 10.6. The molecule has 0 aliphatic heterocycles. The second-order valence-corrected chi connectivity index (χ2v) is 5.93. The summed E-state index contributed by atoms with van der Waals surface area (Å²) in [6.45, 7) is 6.19. The number of anilines is 1. The molecule has 1 N–H and O–H groups in total. The number of methoxy groups -OCH3 is 1. The van der Waals surface area contributed by atoms with Crippen LogP contribution in [0.5, 0.6) is 5.75 Å². The van der Waals surface area contributed by atoms with Gasteiger partial charge in [0.2, 0.25) is 0 Å². The molecule has 0 bridgehead atoms. The summed E-state index contributed by atoms with van der Waals surface area (Å²) in [7, 11) is 1.54. The van der Waals surface area contributed by atoms with Crippen molar-refractivity contribution in [2.45, 2.75) is 26.7 Å². The Morgan fingerprint density at radius 3 is 2.59 bits per heavy atom. The Balaban J connectivity index is 2.40. The van der Waals surface area contributed by atoms with E-state index in [-0.39, 0.29) is 5.91 Å². The molecule has 2 rings (SSSR count). The summed E-state index contributed by atoms with van der Waals surface area (Å²) < 4.78 is 5.25. The Hall–Kier alpha value is -2.00. The van der Waals surface area contributed by atoms with E-state index in [0.717, 1.165) is 16.8 Å². The maximum atomic E-state index is 12.6. The SMILES string of the molecule is COc1ccc(Cl)cc1C(=O)Nc1c(C)cccc1C(C)C. The Morgan fingerprint density at radius 1 is 1.23 bits per heavy atom. The lowest BCUT2D eigenvalue weighted by Gasteiger charge is -2.17. The largest absolute Gasteiger partial charge is 0.496 e. The van der Waals surface area contributed by atoms with E-state index >= 15 is 0 Å². The molecule has 0 aliphatic carbocycles. The van der Waals surface area contributed by atoms with Crippen molar-refractivity contribution in [1.82, 2.24) is 0 Å². The number of para-hydroxylation sites is 1. The molecule has 0 heterocycles. The minimum absolute atomic E-state index is 0.226. The molecule has 0 atom stereocenters. The second-order valence-electron chi connectivity index (χ2n) is 5.49. The molecule has 4 heteroatoms. The molecule has 0 saturated carbocycles. The highest BCUT2D eigenvalue weighted by atomic mass is 35.5. The number of aryl methyl sites for hydroxylation is 1. The van der Waals surface area contributed by atoms with Crippen molar-refractivity contribution in [3.8, 4) is 5.75 Å². The monoisotopic (exact) mass is 317 g/mol. The molecular weight excluding hydrogens is 298 g/mol. The molecular formula is C18H20ClNO2. The molecule has 0 spiro atoms. The number of rotatable bonds is 4. The van der Waals surface area contributed by atoms with Crippen LogP contribution >= 0.6 is 11.6 Å². The maximum absolute atomic E-state index is 12.6. The number of amides is 1. The molecule has 22 heavy (non-hydrogen) atoms. The van der Waals surface area contributed by atoms with E-state index in [1.54, 1.807) is 18.2 Å². The average molecular weight is 318 g/mol. The number of carbonyl (C=O) groups is 1. The summed E-state index contributed by atoms with van der Waals surface area (Å²) >= 11 is 6.00. The second kappa shape index (κ2) is 6.84. The molecule has 3 nitrogen and oxygen atoms in total. The summed E-state index contributed by atoms with van der Waals surface area (Å²) in [5.41, 5.74) is 3.41. The van der Waals surface area contributed by atoms with E-state index in [2.05, 4.69) is 19.2 Å². The van der Waals surface area contributed by atoms with Crippen LogP contribution in [0.3, 0.4) is 0 Å². The summed E-state index contributed by atoms with van der Waals surface area (Å²) in [5.74, 6) is 0.591. The first kappa shape index (κ1) is 16.4. The number of ether oxygens (including phenoxy) is 1. The van der Waals surface area contributed by atoms with E-state index in [4.69, 9.17) is 16.3 Å². The molecule has 0 aliphatic rings. The Morgan fingerprint density at radius 2 is 1.95 bits per heavy atom. The first-order valence-electron chi connectivity index (χ1n) is 7.18. The van der Waals surface area contributed by atoms with Crippen molar-refractivity contribution in [2.24, 2.45) is 0 Å². The Bertz CT molecular complexity index is 695. The summed E-state index contributed by atoms with van der Waals surface area (Å²) in [6, 6.07) is 11.0. The molecule has 0 unspecified atom stereocenters. The van der Waals surface area contributed by atoms with Crippen LogP contribution in [0.25, 0.3) is 0 Å². The van der Waals surface area contributed by atoms with Crippen molar-refractivity contribution < 1.29 is 9.53 Å². The van der Waals surface area contributed by atoms with Crippen LogP contribution in [-0.2, 0) is 0 Å². The van der Waals surface area contributed by atoms with Gasteiger partial charge in [-0.2, -0.15) is 0 Å². The predicted molar refractivity (Wildman–Crippen MR) is 91.2 cm³/mol. The van der Waals surface area contributed by atoms with Gasteiger partial charge >= 0.3 is 0 Å². The predicted octanol–water partition coefficient (Wildman–Crippen LogP) is 5.03. The third kappa shape index (κ3) is 3.42. The van der Waals surface area contributed by atoms with Gasteiger partial charge in [0.15, 0.2) is 0 Å². The number of benzene rings is 2. The van der Waals surface area contributed by atoms with E-state index in [1.807, 2.05) is 25.1 Å². The summed E-state index contributed by atoms with van der Waals surface area (Å²) in [4.78, 5) is 12.6. The van der Waals surface area contributed by atoms with Gasteiger partial charge in [-0.05, 0) is 42.2 Å². The van der Waals surface area contributed by atoms with E-state index in [1.165, 1.54) is 7.11 Å². The molecule has 0 radical (unpaired) electrons. The van der Waals surface area contributed by atoms with Crippen LogP contribution in [0.2, 0.25) is 5.02 Å². The number of hydrogen-bond acceptors (Lipinski definition) is 2. The van der Waals surface area contributed by atoms with Gasteiger partial charge < -0.3 is 10.1 Å². The Labute approximate surface area is 136 Å². The fourth-order valence-electron chi connectivity index (χ4n) is 2.38. The van der Waals surface area contributed by atoms with Crippen LogP contribution in [0.15, 0.2) is 36.4 Å². The van der Waals surface area contributed by atoms with Crippen molar-refractivity contribution >= 4 is 23.2 Å². The lowest BCUT2D eigenvalue weighted by Crippen LogP contribution is -2.15. The van der Waals surface area contributed by atoms with Gasteiger partial charge in [-0.15, -0.1) is 0 Å². The summed E-state index contributed by atoms with van der Waals surface area (Å²) in [6.07, 6.45) is 0. The van der Waals surface area contributed by atoms with Crippen molar-refractivity contribution in [1.29, 1.82) is 0 Å². The molecule has 2 aromatic carbocycles. The quantitative estimate of drug-likeness (QED) is 0.858. The third-order valence-electron chi connectivity index (χ3n) is 3.57. The van der Waals surface area contributed by atoms with Gasteiger partial charge in [-0.1, -0.05) is 43.6 Å². The molecule has 0 aromatic heterocycles. The van der Waals surface area contributed by atoms with Crippen LogP contribution in [0, 0.1) is 6.92 Å². The molecule has 0 saturated heterocycles. The number of nitrogens with one attached hydrogen (secondary N) is 1. The molecule has 0 fully saturated rings. The van der Waals surface area contributed by atoms with Gasteiger partial charge in [-0.3, -0.25) is 4.79 Å². The fourth-order valence-corrected chi connectivity index (χ4v) is 2.55. The van der Waals surface area contributed by atoms with E-state index in [0.29, 0.717) is 22.3 Å². The van der Waals surface area contributed by atoms with Crippen LogP contribution in [-0.4, -0.2) is 13.0 Å². The zero-order valence-electron chi connectivity index (χ0n) is 13.2. The number of halogens is 1. The molecule has 2 aromatic rings. The Kier molecular flexibility index (Phi) is 5.09. The lowest BCUT2D eigenvalue weighted by atomic mass is 9.98. The minimum Gasteiger partial charge on any atom is -0.496 e. The van der Waals surface area contributed by atoms with Crippen LogP contribution < -0.4 is 10.1 Å². The first-order valence-corrected chi connectivity index (χ1v) is 7.56. The van der Waals surface area contributed by atoms with Crippen molar-refractivity contribution in [3.05, 3.63) is 58.1 Å². The van der Waals surface area contributed by atoms with Gasteiger partial charge in [0.1, 0.15) is 5.75 Å². The van der Waals surface area contributed by atoms with Gasteiger partial charge in [0.05, 0.1) is 12.7 Å². The van der Waals surface area contributed by atoms with Gasteiger partial charge in [-0.25, -0.2) is 0 Å². The first-order chi connectivity index (χ1) is 10.4. The number of carbonyl (C=O) groups excluding carboxylic acids is 1. The minimum atomic E-state index is -0.226. The van der Waals surface area contributed by atoms with Gasteiger partial charge in [0.25, 0.3) is 5.91 Å². The van der Waals surface area contributed by atoms with Crippen LogP contribution in [0.4, 0.5) is 5.69 Å². The van der Waals surface area contributed by atoms with Crippen LogP contribution in [0.1, 0.15) is 41.3 Å². The average Bonchev–Trinajstić information content (AvgIpc) is 2.48. The smallest absolute Gasteiger partial charge is 0.259 e. The standard InChI is InChI=1S/C18H20ClNO2/c1-11(2)14-7-5-6-12(3)17(14)20-18(21)15-10-13(19)8-9-16(15)22-4/h5-11H,1-4H3,(H,20,21). The van der Waals surface area contributed by atoms with Crippen molar-refractivity contribution in [3.63, 3.8) is 0 Å². The lowest BCUT2D eigenvalue weighted by molar-refractivity contribution is 0.102. The van der Waals surface area contributed by atoms with E-state index < -0.39 is 0 Å². The molecule has 1 amide bonds. The highest BCUT2D eigenvalue weighted by molar-refractivity contribution is 6.31. The van der Waals surface area contributed by atoms with Crippen molar-refractivity contribution in [2.75, 3.05) is 12.4 Å². The highest BCUT2D eigenvalue weighted by Crippen LogP contribution is 2.29. The molecule has 116 valence electrons. The summed E-state index contributed by atoms with van der Waals surface area (Å²) in [5, 5.41) is 3.50. The number of hydrogen-bond donors (Lipinski definition) is 1.